The van der Waals surface area contributed by atoms with Crippen LogP contribution in [-0.2, 0) is 21.5 Å². The number of carbonyl (C=O) groups is 2. The summed E-state index contributed by atoms with van der Waals surface area (Å²) in [6, 6.07) is 8.50. The number of hydrogen-bond acceptors (Lipinski definition) is 4. The van der Waals surface area contributed by atoms with E-state index in [2.05, 4.69) is 54.6 Å². The van der Waals surface area contributed by atoms with Gasteiger partial charge in [0.2, 0.25) is 0 Å². The second kappa shape index (κ2) is 10.2. The second-order valence-corrected chi connectivity index (χ2v) is 6.37. The summed E-state index contributed by atoms with van der Waals surface area (Å²) >= 11 is 0. The van der Waals surface area contributed by atoms with Crippen molar-refractivity contribution in [2.75, 3.05) is 6.61 Å². The topological polar surface area (TPSA) is 102 Å². The van der Waals surface area contributed by atoms with E-state index in [1.807, 2.05) is 12.5 Å². The van der Waals surface area contributed by atoms with E-state index in [1.165, 1.54) is 5.56 Å². The highest BCUT2D eigenvalue weighted by Crippen LogP contribution is 2.28. The number of imidazole rings is 1. The van der Waals surface area contributed by atoms with Crippen molar-refractivity contribution in [2.24, 2.45) is 0 Å². The minimum Gasteiger partial charge on any atom is -0.494 e. The van der Waals surface area contributed by atoms with Crippen LogP contribution in [-0.4, -0.2) is 38.3 Å². The van der Waals surface area contributed by atoms with E-state index >= 15 is 0 Å². The lowest BCUT2D eigenvalue weighted by Gasteiger charge is -2.23. The van der Waals surface area contributed by atoms with E-state index in [1.54, 1.807) is 6.20 Å². The molecule has 0 spiro atoms. The lowest BCUT2D eigenvalue weighted by atomic mass is 9.82. The van der Waals surface area contributed by atoms with Crippen LogP contribution in [0.25, 0.3) is 0 Å². The first-order chi connectivity index (χ1) is 12.3. The number of nitrogens with zero attached hydrogens (tertiary/aromatic N) is 2. The summed E-state index contributed by atoms with van der Waals surface area (Å²) < 4.78 is 7.84. The van der Waals surface area contributed by atoms with Gasteiger partial charge < -0.3 is 19.5 Å². The molecule has 0 amide bonds. The number of rotatable bonds is 7. The molecule has 0 radical (unpaired) electrons. The molecule has 1 heterocycles. The van der Waals surface area contributed by atoms with Crippen LogP contribution in [0.15, 0.2) is 43.0 Å². The molecule has 142 valence electrons. The Balaban J connectivity index is 0.000000487. The Morgan fingerprint density at radius 3 is 2.23 bits per heavy atom. The lowest BCUT2D eigenvalue weighted by molar-refractivity contribution is -0.159. The molecule has 0 aliphatic carbocycles. The van der Waals surface area contributed by atoms with Gasteiger partial charge in [-0.15, -0.1) is 0 Å². The molecule has 0 aliphatic rings. The van der Waals surface area contributed by atoms with Crippen molar-refractivity contribution in [2.45, 2.75) is 45.6 Å². The molecule has 26 heavy (non-hydrogen) atoms. The van der Waals surface area contributed by atoms with Crippen LogP contribution in [0.5, 0.6) is 5.75 Å². The summed E-state index contributed by atoms with van der Waals surface area (Å²) in [5.41, 5.74) is 1.60. The smallest absolute Gasteiger partial charge is 0.414 e. The van der Waals surface area contributed by atoms with E-state index < -0.39 is 11.9 Å². The number of aromatic nitrogens is 2. The van der Waals surface area contributed by atoms with Gasteiger partial charge in [0, 0.05) is 18.9 Å². The Labute approximate surface area is 153 Å². The van der Waals surface area contributed by atoms with Gasteiger partial charge in [0.05, 0.1) is 12.9 Å². The third-order valence-electron chi connectivity index (χ3n) is 4.09. The Kier molecular flexibility index (Phi) is 8.34. The molecule has 0 bridgehead atoms. The van der Waals surface area contributed by atoms with Gasteiger partial charge in [-0.05, 0) is 36.0 Å². The molecular formula is C19H26N2O5. The van der Waals surface area contributed by atoms with Gasteiger partial charge in [-0.1, -0.05) is 32.9 Å². The molecule has 2 N–H and O–H groups in total. The van der Waals surface area contributed by atoms with Gasteiger partial charge in [0.25, 0.3) is 0 Å². The maximum absolute atomic E-state index is 9.10. The molecule has 7 nitrogen and oxygen atoms in total. The molecule has 2 rings (SSSR count). The average molecular weight is 362 g/mol. The van der Waals surface area contributed by atoms with Gasteiger partial charge in [-0.3, -0.25) is 0 Å². The number of ether oxygens (including phenoxy) is 1. The number of carboxylic acids is 2. The summed E-state index contributed by atoms with van der Waals surface area (Å²) in [5, 5.41) is 14.8. The van der Waals surface area contributed by atoms with Crippen LogP contribution in [0.4, 0.5) is 0 Å². The Bertz CT molecular complexity index is 666. The zero-order valence-corrected chi connectivity index (χ0v) is 15.4. The van der Waals surface area contributed by atoms with Crippen molar-refractivity contribution in [3.63, 3.8) is 0 Å². The first-order valence-electron chi connectivity index (χ1n) is 8.41. The van der Waals surface area contributed by atoms with E-state index in [-0.39, 0.29) is 5.41 Å². The van der Waals surface area contributed by atoms with Crippen molar-refractivity contribution >= 4 is 11.9 Å². The van der Waals surface area contributed by atoms with Crippen LogP contribution in [0.2, 0.25) is 0 Å². The first-order valence-corrected chi connectivity index (χ1v) is 8.41. The highest BCUT2D eigenvalue weighted by atomic mass is 16.5. The molecule has 1 aromatic carbocycles. The van der Waals surface area contributed by atoms with Crippen LogP contribution < -0.4 is 4.74 Å². The van der Waals surface area contributed by atoms with E-state index in [9.17, 15) is 0 Å². The number of aryl methyl sites for hydroxylation is 1. The SMILES string of the molecule is CCC(C)(C)c1ccc(OCCCn2ccnc2)cc1.O=C(O)C(=O)O. The molecule has 0 saturated carbocycles. The second-order valence-electron chi connectivity index (χ2n) is 6.37. The molecule has 0 atom stereocenters. The third kappa shape index (κ3) is 7.38. The molecule has 7 heteroatoms. The highest BCUT2D eigenvalue weighted by Gasteiger charge is 2.17. The summed E-state index contributed by atoms with van der Waals surface area (Å²) in [6.07, 6.45) is 7.73. The molecule has 0 unspecified atom stereocenters. The van der Waals surface area contributed by atoms with Crippen molar-refractivity contribution < 1.29 is 24.5 Å². The fourth-order valence-corrected chi connectivity index (χ4v) is 2.06. The lowest BCUT2D eigenvalue weighted by Crippen LogP contribution is -2.15. The number of carboxylic acid groups (broad SMARTS) is 2. The Morgan fingerprint density at radius 2 is 1.77 bits per heavy atom. The highest BCUT2D eigenvalue weighted by molar-refractivity contribution is 6.27. The van der Waals surface area contributed by atoms with Crippen LogP contribution >= 0.6 is 0 Å². The summed E-state index contributed by atoms with van der Waals surface area (Å²) in [7, 11) is 0. The van der Waals surface area contributed by atoms with Crippen LogP contribution in [0.3, 0.4) is 0 Å². The van der Waals surface area contributed by atoms with Gasteiger partial charge in [0.1, 0.15) is 5.75 Å². The first kappa shape index (κ1) is 21.2. The standard InChI is InChI=1S/C17H24N2O.C2H2O4/c1-4-17(2,3)15-6-8-16(9-7-15)20-13-5-11-19-12-10-18-14-19;3-1(4)2(5)6/h6-10,12,14H,4-5,11,13H2,1-3H3;(H,3,4)(H,5,6). The maximum atomic E-state index is 9.10. The Hall–Kier alpha value is -2.83. The molecule has 0 aliphatic heterocycles. The number of benzene rings is 1. The van der Waals surface area contributed by atoms with Crippen LogP contribution in [0.1, 0.15) is 39.2 Å². The van der Waals surface area contributed by atoms with Gasteiger partial charge in [-0.25, -0.2) is 14.6 Å². The van der Waals surface area contributed by atoms with Gasteiger partial charge in [-0.2, -0.15) is 0 Å². The molecule has 0 fully saturated rings. The molecule has 1 aromatic heterocycles. The monoisotopic (exact) mass is 362 g/mol. The van der Waals surface area contributed by atoms with E-state index in [4.69, 9.17) is 24.5 Å². The van der Waals surface area contributed by atoms with E-state index in [0.29, 0.717) is 0 Å². The van der Waals surface area contributed by atoms with Crippen molar-refractivity contribution in [1.82, 2.24) is 9.55 Å². The minimum absolute atomic E-state index is 0.236. The van der Waals surface area contributed by atoms with Gasteiger partial charge in [0.15, 0.2) is 0 Å². The zero-order valence-electron chi connectivity index (χ0n) is 15.4. The summed E-state index contributed by atoms with van der Waals surface area (Å²) in [6.45, 7) is 8.44. The number of hydrogen-bond donors (Lipinski definition) is 2. The zero-order chi connectivity index (χ0) is 19.6. The maximum Gasteiger partial charge on any atom is 0.414 e. The van der Waals surface area contributed by atoms with Crippen molar-refractivity contribution in [3.8, 4) is 5.75 Å². The Morgan fingerprint density at radius 1 is 1.15 bits per heavy atom. The largest absolute Gasteiger partial charge is 0.494 e. The quantitative estimate of drug-likeness (QED) is 0.579. The van der Waals surface area contributed by atoms with Gasteiger partial charge >= 0.3 is 11.9 Å². The molecular weight excluding hydrogens is 336 g/mol. The van der Waals surface area contributed by atoms with Crippen molar-refractivity contribution in [3.05, 3.63) is 48.5 Å². The minimum atomic E-state index is -1.82. The predicted octanol–water partition coefficient (Wildman–Crippen LogP) is 3.20. The predicted molar refractivity (Wildman–Crippen MR) is 97.4 cm³/mol. The third-order valence-corrected chi connectivity index (χ3v) is 4.09. The normalized spacial score (nSPS) is 10.6. The fourth-order valence-electron chi connectivity index (χ4n) is 2.06. The van der Waals surface area contributed by atoms with Crippen molar-refractivity contribution in [1.29, 1.82) is 0 Å². The number of aliphatic carboxylic acids is 2. The fraction of sp³-hybridized carbons (Fsp3) is 0.421. The molecule has 2 aromatic rings. The van der Waals surface area contributed by atoms with Crippen LogP contribution in [0, 0.1) is 0 Å². The average Bonchev–Trinajstić information content (AvgIpc) is 3.13. The summed E-state index contributed by atoms with van der Waals surface area (Å²) in [4.78, 5) is 22.2. The van der Waals surface area contributed by atoms with E-state index in [0.717, 1.165) is 31.7 Å². The molecule has 0 saturated heterocycles. The summed E-state index contributed by atoms with van der Waals surface area (Å²) in [5.74, 6) is -2.70.